The van der Waals surface area contributed by atoms with Gasteiger partial charge < -0.3 is 11.1 Å². The number of anilines is 1. The fourth-order valence-electron chi connectivity index (χ4n) is 1.80. The molecule has 0 saturated heterocycles. The third kappa shape index (κ3) is 2.02. The van der Waals surface area contributed by atoms with E-state index in [0.717, 1.165) is 6.42 Å². The molecule has 1 aliphatic rings. The van der Waals surface area contributed by atoms with Crippen LogP contribution in [0.5, 0.6) is 0 Å². The van der Waals surface area contributed by atoms with Gasteiger partial charge in [0, 0.05) is 11.7 Å². The van der Waals surface area contributed by atoms with Crippen LogP contribution in [0.3, 0.4) is 0 Å². The van der Waals surface area contributed by atoms with Gasteiger partial charge in [-0.25, -0.2) is 4.39 Å². The van der Waals surface area contributed by atoms with Crippen molar-refractivity contribution in [2.75, 3.05) is 5.32 Å². The molecule has 0 radical (unpaired) electrons. The fourth-order valence-corrected chi connectivity index (χ4v) is 2.00. The normalized spacial score (nSPS) is 21.6. The Hall–Kier alpha value is -1.16. The summed E-state index contributed by atoms with van der Waals surface area (Å²) in [6.45, 7) is 4.34. The average Bonchev–Trinajstić information content (AvgIpc) is 2.72. The summed E-state index contributed by atoms with van der Waals surface area (Å²) < 4.78 is 13.6. The minimum absolute atomic E-state index is 0.0963. The predicted molar refractivity (Wildman–Crippen MR) is 68.1 cm³/mol. The summed E-state index contributed by atoms with van der Waals surface area (Å²) in [7, 11) is 0. The van der Waals surface area contributed by atoms with E-state index < -0.39 is 0 Å². The predicted octanol–water partition coefficient (Wildman–Crippen LogP) is 2.67. The number of halogens is 1. The van der Waals surface area contributed by atoms with Crippen LogP contribution in [0, 0.1) is 11.2 Å². The number of hydrogen-bond acceptors (Lipinski definition) is 2. The molecule has 4 heteroatoms. The number of benzene rings is 1. The molecule has 2 nitrogen and oxygen atoms in total. The lowest BCUT2D eigenvalue weighted by molar-refractivity contribution is 0.621. The van der Waals surface area contributed by atoms with Gasteiger partial charge in [0.1, 0.15) is 10.8 Å². The second-order valence-electron chi connectivity index (χ2n) is 4.92. The van der Waals surface area contributed by atoms with E-state index in [1.54, 1.807) is 6.07 Å². The molecular weight excluding hydrogens is 223 g/mol. The maximum atomic E-state index is 13.6. The third-order valence-corrected chi connectivity index (χ3v) is 3.31. The Kier molecular flexibility index (Phi) is 2.62. The van der Waals surface area contributed by atoms with Gasteiger partial charge >= 0.3 is 0 Å². The first-order valence-corrected chi connectivity index (χ1v) is 5.67. The first-order valence-electron chi connectivity index (χ1n) is 5.26. The van der Waals surface area contributed by atoms with Crippen LogP contribution in [0.2, 0.25) is 0 Å². The number of hydrogen-bond donors (Lipinski definition) is 2. The Bertz CT molecular complexity index is 443. The van der Waals surface area contributed by atoms with Crippen molar-refractivity contribution in [3.63, 3.8) is 0 Å². The minimum Gasteiger partial charge on any atom is -0.389 e. The van der Waals surface area contributed by atoms with Gasteiger partial charge in [-0.3, -0.25) is 0 Å². The summed E-state index contributed by atoms with van der Waals surface area (Å²) in [5, 5.41) is 3.29. The van der Waals surface area contributed by atoms with Crippen LogP contribution in [-0.4, -0.2) is 11.0 Å². The van der Waals surface area contributed by atoms with Crippen LogP contribution in [0.1, 0.15) is 25.8 Å². The van der Waals surface area contributed by atoms with Gasteiger partial charge in [-0.2, -0.15) is 0 Å². The molecule has 3 N–H and O–H groups in total. The summed E-state index contributed by atoms with van der Waals surface area (Å²) >= 11 is 4.87. The molecule has 1 atom stereocenters. The Morgan fingerprint density at radius 1 is 1.56 bits per heavy atom. The number of nitrogens with two attached hydrogens (primary N) is 1. The summed E-state index contributed by atoms with van der Waals surface area (Å²) in [5.41, 5.74) is 6.83. The fraction of sp³-hybridized carbons (Fsp3) is 0.417. The molecule has 1 aliphatic carbocycles. The molecule has 2 rings (SSSR count). The van der Waals surface area contributed by atoms with Crippen molar-refractivity contribution in [3.05, 3.63) is 29.6 Å². The van der Waals surface area contributed by atoms with Gasteiger partial charge in [-0.1, -0.05) is 32.1 Å². The molecule has 0 bridgehead atoms. The van der Waals surface area contributed by atoms with Gasteiger partial charge in [-0.05, 0) is 24.0 Å². The number of rotatable bonds is 3. The summed E-state index contributed by atoms with van der Waals surface area (Å²) in [6.07, 6.45) is 1.08. The Morgan fingerprint density at radius 2 is 2.19 bits per heavy atom. The second-order valence-corrected chi connectivity index (χ2v) is 5.36. The van der Waals surface area contributed by atoms with Crippen molar-refractivity contribution in [1.29, 1.82) is 0 Å². The van der Waals surface area contributed by atoms with E-state index in [-0.39, 0.29) is 16.2 Å². The standard InChI is InChI=1S/C12H15FN2S/c1-12(2)6-9(12)15-8-5-3-4-7(13)10(8)11(14)16/h3-5,9,15H,6H2,1-2H3,(H2,14,16). The Balaban J connectivity index is 2.27. The molecule has 86 valence electrons. The van der Waals surface area contributed by atoms with E-state index in [1.165, 1.54) is 6.07 Å². The van der Waals surface area contributed by atoms with E-state index in [2.05, 4.69) is 19.2 Å². The monoisotopic (exact) mass is 238 g/mol. The molecule has 1 unspecified atom stereocenters. The van der Waals surface area contributed by atoms with Gasteiger partial charge in [0.2, 0.25) is 0 Å². The van der Waals surface area contributed by atoms with Crippen molar-refractivity contribution in [3.8, 4) is 0 Å². The van der Waals surface area contributed by atoms with Crippen LogP contribution in [0.25, 0.3) is 0 Å². The largest absolute Gasteiger partial charge is 0.389 e. The molecule has 0 heterocycles. The van der Waals surface area contributed by atoms with E-state index in [4.69, 9.17) is 18.0 Å². The van der Waals surface area contributed by atoms with E-state index in [0.29, 0.717) is 17.3 Å². The first kappa shape index (κ1) is 11.3. The molecule has 0 spiro atoms. The van der Waals surface area contributed by atoms with Crippen LogP contribution in [0.4, 0.5) is 10.1 Å². The molecule has 0 amide bonds. The molecule has 0 aromatic heterocycles. The number of thiocarbonyl (C=S) groups is 1. The molecule has 1 fully saturated rings. The second kappa shape index (κ2) is 3.70. The maximum Gasteiger partial charge on any atom is 0.135 e. The zero-order chi connectivity index (χ0) is 11.9. The van der Waals surface area contributed by atoms with Crippen molar-refractivity contribution < 1.29 is 4.39 Å². The van der Waals surface area contributed by atoms with Crippen molar-refractivity contribution in [2.24, 2.45) is 11.1 Å². The van der Waals surface area contributed by atoms with Gasteiger partial charge in [0.25, 0.3) is 0 Å². The Labute approximate surface area is 100 Å². The molecule has 0 aliphatic heterocycles. The minimum atomic E-state index is -0.365. The molecule has 1 aromatic rings. The summed E-state index contributed by atoms with van der Waals surface area (Å²) in [6, 6.07) is 5.22. The zero-order valence-electron chi connectivity index (χ0n) is 9.38. The van der Waals surface area contributed by atoms with E-state index >= 15 is 0 Å². The zero-order valence-corrected chi connectivity index (χ0v) is 10.2. The molecule has 16 heavy (non-hydrogen) atoms. The third-order valence-electron chi connectivity index (χ3n) is 3.10. The van der Waals surface area contributed by atoms with E-state index in [9.17, 15) is 4.39 Å². The van der Waals surface area contributed by atoms with Gasteiger partial charge in [0.15, 0.2) is 0 Å². The number of nitrogens with one attached hydrogen (secondary N) is 1. The van der Waals surface area contributed by atoms with Gasteiger partial charge in [-0.15, -0.1) is 0 Å². The average molecular weight is 238 g/mol. The molecule has 1 saturated carbocycles. The van der Waals surface area contributed by atoms with Crippen LogP contribution in [-0.2, 0) is 0 Å². The Morgan fingerprint density at radius 3 is 2.69 bits per heavy atom. The lowest BCUT2D eigenvalue weighted by atomic mass is 10.1. The highest BCUT2D eigenvalue weighted by atomic mass is 32.1. The maximum absolute atomic E-state index is 13.6. The molecular formula is C12H15FN2S. The van der Waals surface area contributed by atoms with Crippen LogP contribution in [0.15, 0.2) is 18.2 Å². The topological polar surface area (TPSA) is 38.0 Å². The lowest BCUT2D eigenvalue weighted by Crippen LogP contribution is -2.17. The van der Waals surface area contributed by atoms with Crippen LogP contribution < -0.4 is 11.1 Å². The highest BCUT2D eigenvalue weighted by Gasteiger charge is 2.45. The van der Waals surface area contributed by atoms with Crippen molar-refractivity contribution in [1.82, 2.24) is 0 Å². The molecule has 1 aromatic carbocycles. The summed E-state index contributed by atoms with van der Waals surface area (Å²) in [4.78, 5) is 0.0963. The SMILES string of the molecule is CC1(C)CC1Nc1cccc(F)c1C(N)=S. The van der Waals surface area contributed by atoms with Crippen molar-refractivity contribution in [2.45, 2.75) is 26.3 Å². The highest BCUT2D eigenvalue weighted by Crippen LogP contribution is 2.46. The van der Waals surface area contributed by atoms with Gasteiger partial charge in [0.05, 0.1) is 5.56 Å². The first-order chi connectivity index (χ1) is 7.42. The smallest absolute Gasteiger partial charge is 0.135 e. The van der Waals surface area contributed by atoms with E-state index in [1.807, 2.05) is 6.07 Å². The van der Waals surface area contributed by atoms with Crippen molar-refractivity contribution >= 4 is 22.9 Å². The van der Waals surface area contributed by atoms with Crippen LogP contribution >= 0.6 is 12.2 Å². The quantitative estimate of drug-likeness (QED) is 0.795. The summed E-state index contributed by atoms with van der Waals surface area (Å²) in [5.74, 6) is -0.365. The lowest BCUT2D eigenvalue weighted by Gasteiger charge is -2.13. The highest BCUT2D eigenvalue weighted by molar-refractivity contribution is 7.80.